The molecule has 4 nitrogen and oxygen atoms in total. The van der Waals surface area contributed by atoms with Gasteiger partial charge in [0.05, 0.1) is 0 Å². The maximum absolute atomic E-state index is 5.72. The Morgan fingerprint density at radius 1 is 1.06 bits per heavy atom. The molecule has 0 saturated heterocycles. The van der Waals surface area contributed by atoms with Gasteiger partial charge in [-0.05, 0) is 36.8 Å². The Bertz CT molecular complexity index is 511. The van der Waals surface area contributed by atoms with E-state index in [-0.39, 0.29) is 0 Å². The molecule has 2 rings (SSSR count). The van der Waals surface area contributed by atoms with E-state index >= 15 is 0 Å². The van der Waals surface area contributed by atoms with Crippen LogP contribution in [0.15, 0.2) is 36.5 Å². The van der Waals surface area contributed by atoms with Crippen LogP contribution in [0.2, 0.25) is 0 Å². The lowest BCUT2D eigenvalue weighted by Crippen LogP contribution is -1.92. The van der Waals surface area contributed by atoms with Crippen molar-refractivity contribution in [2.75, 3.05) is 11.5 Å². The lowest BCUT2D eigenvalue weighted by Gasteiger charge is -2.07. The molecule has 1 heterocycles. The number of nitrogen functional groups attached to an aromatic ring is 2. The number of nitrogens with two attached hydrogens (primary N) is 2. The van der Waals surface area contributed by atoms with Crippen molar-refractivity contribution >= 4 is 11.5 Å². The molecule has 0 aliphatic heterocycles. The fourth-order valence-corrected chi connectivity index (χ4v) is 1.34. The van der Waals surface area contributed by atoms with Gasteiger partial charge >= 0.3 is 0 Å². The van der Waals surface area contributed by atoms with Crippen molar-refractivity contribution in [3.63, 3.8) is 0 Å². The quantitative estimate of drug-likeness (QED) is 0.754. The second kappa shape index (κ2) is 4.10. The van der Waals surface area contributed by atoms with Crippen LogP contribution in [-0.4, -0.2) is 4.98 Å². The summed E-state index contributed by atoms with van der Waals surface area (Å²) in [6, 6.07) is 8.94. The molecule has 0 saturated carbocycles. The van der Waals surface area contributed by atoms with Gasteiger partial charge in [0.1, 0.15) is 17.3 Å². The maximum atomic E-state index is 5.72. The van der Waals surface area contributed by atoms with Gasteiger partial charge in [0.25, 0.3) is 0 Å². The molecule has 0 atom stereocenters. The van der Waals surface area contributed by atoms with Crippen LogP contribution in [0.4, 0.5) is 11.5 Å². The number of rotatable bonds is 2. The highest BCUT2D eigenvalue weighted by Gasteiger charge is 2.00. The summed E-state index contributed by atoms with van der Waals surface area (Å²) < 4.78 is 5.62. The first-order valence-electron chi connectivity index (χ1n) is 4.90. The molecule has 0 spiro atoms. The van der Waals surface area contributed by atoms with Crippen molar-refractivity contribution in [1.82, 2.24) is 4.98 Å². The topological polar surface area (TPSA) is 74.2 Å². The van der Waals surface area contributed by atoms with Gasteiger partial charge in [-0.2, -0.15) is 0 Å². The molecule has 4 heteroatoms. The summed E-state index contributed by atoms with van der Waals surface area (Å²) in [5.41, 5.74) is 13.0. The van der Waals surface area contributed by atoms with Crippen LogP contribution < -0.4 is 16.2 Å². The van der Waals surface area contributed by atoms with Crippen molar-refractivity contribution in [2.45, 2.75) is 6.92 Å². The smallest absolute Gasteiger partial charge is 0.132 e. The summed E-state index contributed by atoms with van der Waals surface area (Å²) >= 11 is 0. The van der Waals surface area contributed by atoms with Crippen LogP contribution in [0.1, 0.15) is 5.56 Å². The fourth-order valence-electron chi connectivity index (χ4n) is 1.34. The SMILES string of the molecule is Cc1cc(Oc2ccnc(N)c2)ccc1N. The molecule has 0 radical (unpaired) electrons. The van der Waals surface area contributed by atoms with Crippen LogP contribution in [0, 0.1) is 6.92 Å². The third-order valence-corrected chi connectivity index (χ3v) is 2.23. The van der Waals surface area contributed by atoms with Gasteiger partial charge in [0.2, 0.25) is 0 Å². The Morgan fingerprint density at radius 2 is 1.81 bits per heavy atom. The summed E-state index contributed by atoms with van der Waals surface area (Å²) in [5, 5.41) is 0. The van der Waals surface area contributed by atoms with E-state index in [1.807, 2.05) is 25.1 Å². The zero-order valence-corrected chi connectivity index (χ0v) is 8.97. The van der Waals surface area contributed by atoms with Gasteiger partial charge < -0.3 is 16.2 Å². The van der Waals surface area contributed by atoms with E-state index < -0.39 is 0 Å². The van der Waals surface area contributed by atoms with Crippen molar-refractivity contribution in [1.29, 1.82) is 0 Å². The van der Waals surface area contributed by atoms with Crippen LogP contribution in [0.25, 0.3) is 0 Å². The maximum Gasteiger partial charge on any atom is 0.132 e. The van der Waals surface area contributed by atoms with Crippen molar-refractivity contribution in [3.05, 3.63) is 42.1 Å². The second-order valence-electron chi connectivity index (χ2n) is 3.54. The van der Waals surface area contributed by atoms with Gasteiger partial charge in [-0.3, -0.25) is 0 Å². The number of anilines is 2. The predicted octanol–water partition coefficient (Wildman–Crippen LogP) is 2.35. The van der Waals surface area contributed by atoms with E-state index in [1.54, 1.807) is 18.3 Å². The van der Waals surface area contributed by atoms with E-state index in [0.29, 0.717) is 11.6 Å². The predicted molar refractivity (Wildman–Crippen MR) is 64.3 cm³/mol. The Labute approximate surface area is 93.9 Å². The minimum atomic E-state index is 0.435. The van der Waals surface area contributed by atoms with Gasteiger partial charge in [0, 0.05) is 18.0 Å². The number of ether oxygens (including phenoxy) is 1. The number of benzene rings is 1. The Balaban J connectivity index is 2.24. The summed E-state index contributed by atoms with van der Waals surface area (Å²) in [5.74, 6) is 1.83. The summed E-state index contributed by atoms with van der Waals surface area (Å²) in [6.07, 6.45) is 1.61. The van der Waals surface area contributed by atoms with Crippen LogP contribution >= 0.6 is 0 Å². The fraction of sp³-hybridized carbons (Fsp3) is 0.0833. The third kappa shape index (κ3) is 2.23. The number of hydrogen-bond donors (Lipinski definition) is 2. The number of pyridine rings is 1. The first kappa shape index (κ1) is 10.3. The largest absolute Gasteiger partial charge is 0.457 e. The Kier molecular flexibility index (Phi) is 2.64. The van der Waals surface area contributed by atoms with E-state index in [2.05, 4.69) is 4.98 Å². The zero-order valence-electron chi connectivity index (χ0n) is 8.97. The number of aromatic nitrogens is 1. The first-order valence-corrected chi connectivity index (χ1v) is 4.90. The highest BCUT2D eigenvalue weighted by molar-refractivity contribution is 5.50. The molecule has 1 aromatic heterocycles. The summed E-state index contributed by atoms with van der Waals surface area (Å²) in [4.78, 5) is 3.89. The normalized spacial score (nSPS) is 10.1. The lowest BCUT2D eigenvalue weighted by molar-refractivity contribution is 0.482. The van der Waals surface area contributed by atoms with Gasteiger partial charge in [-0.15, -0.1) is 0 Å². The molecule has 0 aliphatic carbocycles. The van der Waals surface area contributed by atoms with Gasteiger partial charge in [0.15, 0.2) is 0 Å². The van der Waals surface area contributed by atoms with Gasteiger partial charge in [-0.25, -0.2) is 4.98 Å². The highest BCUT2D eigenvalue weighted by atomic mass is 16.5. The number of aryl methyl sites for hydroxylation is 1. The Hall–Kier alpha value is -2.23. The molecule has 4 N–H and O–H groups in total. The minimum absolute atomic E-state index is 0.435. The molecular formula is C12H13N3O. The van der Waals surface area contributed by atoms with E-state index in [4.69, 9.17) is 16.2 Å². The molecule has 0 amide bonds. The lowest BCUT2D eigenvalue weighted by atomic mass is 10.2. The molecular weight excluding hydrogens is 202 g/mol. The van der Waals surface area contributed by atoms with Crippen molar-refractivity contribution in [2.24, 2.45) is 0 Å². The average Bonchev–Trinajstić information content (AvgIpc) is 2.24. The van der Waals surface area contributed by atoms with E-state index in [0.717, 1.165) is 17.0 Å². The molecule has 0 bridgehead atoms. The zero-order chi connectivity index (χ0) is 11.5. The van der Waals surface area contributed by atoms with E-state index in [1.165, 1.54) is 0 Å². The molecule has 0 fully saturated rings. The number of nitrogens with zero attached hydrogens (tertiary/aromatic N) is 1. The standard InChI is InChI=1S/C12H13N3O/c1-8-6-9(2-3-11(8)13)16-10-4-5-15-12(14)7-10/h2-7H,13H2,1H3,(H2,14,15). The molecule has 2 aromatic rings. The Morgan fingerprint density at radius 3 is 2.50 bits per heavy atom. The van der Waals surface area contributed by atoms with Crippen LogP contribution in [0.5, 0.6) is 11.5 Å². The molecule has 0 unspecified atom stereocenters. The average molecular weight is 215 g/mol. The third-order valence-electron chi connectivity index (χ3n) is 2.23. The van der Waals surface area contributed by atoms with Crippen LogP contribution in [-0.2, 0) is 0 Å². The molecule has 1 aromatic carbocycles. The highest BCUT2D eigenvalue weighted by Crippen LogP contribution is 2.24. The first-order chi connectivity index (χ1) is 7.65. The second-order valence-corrected chi connectivity index (χ2v) is 3.54. The number of hydrogen-bond acceptors (Lipinski definition) is 4. The van der Waals surface area contributed by atoms with Crippen LogP contribution in [0.3, 0.4) is 0 Å². The van der Waals surface area contributed by atoms with Crippen molar-refractivity contribution in [3.8, 4) is 11.5 Å². The molecule has 82 valence electrons. The minimum Gasteiger partial charge on any atom is -0.457 e. The van der Waals surface area contributed by atoms with Gasteiger partial charge in [-0.1, -0.05) is 0 Å². The monoisotopic (exact) mass is 215 g/mol. The molecule has 16 heavy (non-hydrogen) atoms. The summed E-state index contributed by atoms with van der Waals surface area (Å²) in [7, 11) is 0. The summed E-state index contributed by atoms with van der Waals surface area (Å²) in [6.45, 7) is 1.93. The molecule has 0 aliphatic rings. The van der Waals surface area contributed by atoms with Crippen molar-refractivity contribution < 1.29 is 4.74 Å². The van der Waals surface area contributed by atoms with E-state index in [9.17, 15) is 0 Å².